The van der Waals surface area contributed by atoms with Gasteiger partial charge in [0.1, 0.15) is 0 Å². The molecule has 6 heteroatoms. The molecule has 22 heavy (non-hydrogen) atoms. The summed E-state index contributed by atoms with van der Waals surface area (Å²) in [7, 11) is 0. The van der Waals surface area contributed by atoms with Crippen molar-refractivity contribution in [2.45, 2.75) is 19.4 Å². The summed E-state index contributed by atoms with van der Waals surface area (Å²) in [4.78, 5) is 12.8. The number of nitrogens with one attached hydrogen (secondary N) is 1. The minimum absolute atomic E-state index is 0.0280. The van der Waals surface area contributed by atoms with Gasteiger partial charge in [-0.05, 0) is 17.0 Å². The molecule has 0 aliphatic rings. The first-order valence-electron chi connectivity index (χ1n) is 6.98. The lowest BCUT2D eigenvalue weighted by Crippen LogP contribution is -2.22. The summed E-state index contributed by atoms with van der Waals surface area (Å²) in [6.45, 7) is 0.532. The highest BCUT2D eigenvalue weighted by molar-refractivity contribution is 7.13. The Morgan fingerprint density at radius 2 is 2.00 bits per heavy atom. The number of amides is 1. The quantitative estimate of drug-likeness (QED) is 0.759. The topological polar surface area (TPSA) is 68.0 Å². The Hall–Kier alpha value is -2.47. The molecule has 112 valence electrons. The Bertz CT molecular complexity index is 723. The largest absolute Gasteiger partial charge is 0.420 e. The fraction of sp³-hybridized carbons (Fsp3) is 0.188. The Labute approximate surface area is 132 Å². The van der Waals surface area contributed by atoms with Gasteiger partial charge in [-0.15, -0.1) is 21.5 Å². The standard InChI is InChI=1S/C16H15N3O2S/c20-14(17-11-12-5-2-1-3-6-12)8-9-15-18-19-16(21-15)13-7-4-10-22-13/h1-7,10H,8-9,11H2,(H,17,20). The molecular weight excluding hydrogens is 298 g/mol. The lowest BCUT2D eigenvalue weighted by Gasteiger charge is -2.03. The zero-order valence-corrected chi connectivity index (χ0v) is 12.7. The molecule has 1 aromatic carbocycles. The molecule has 5 nitrogen and oxygen atoms in total. The number of thiophene rings is 1. The van der Waals surface area contributed by atoms with Crippen molar-refractivity contribution in [3.05, 3.63) is 59.3 Å². The van der Waals surface area contributed by atoms with Crippen LogP contribution in [-0.4, -0.2) is 16.1 Å². The SMILES string of the molecule is O=C(CCc1nnc(-c2cccs2)o1)NCc1ccccc1. The summed E-state index contributed by atoms with van der Waals surface area (Å²) in [6, 6.07) is 13.7. The maximum absolute atomic E-state index is 11.8. The average Bonchev–Trinajstić information content (AvgIpc) is 3.22. The molecule has 1 amide bonds. The van der Waals surface area contributed by atoms with Gasteiger partial charge >= 0.3 is 0 Å². The van der Waals surface area contributed by atoms with Gasteiger partial charge in [0.15, 0.2) is 0 Å². The van der Waals surface area contributed by atoms with E-state index in [1.165, 1.54) is 0 Å². The monoisotopic (exact) mass is 313 g/mol. The Morgan fingerprint density at radius 3 is 2.77 bits per heavy atom. The van der Waals surface area contributed by atoms with Crippen molar-refractivity contribution < 1.29 is 9.21 Å². The normalized spacial score (nSPS) is 10.5. The van der Waals surface area contributed by atoms with E-state index < -0.39 is 0 Å². The fourth-order valence-electron chi connectivity index (χ4n) is 1.96. The van der Waals surface area contributed by atoms with Gasteiger partial charge in [-0.25, -0.2) is 0 Å². The molecule has 0 aliphatic heterocycles. The van der Waals surface area contributed by atoms with Crippen LogP contribution >= 0.6 is 11.3 Å². The summed E-state index contributed by atoms with van der Waals surface area (Å²) >= 11 is 1.54. The van der Waals surface area contributed by atoms with Crippen LogP contribution in [0.1, 0.15) is 17.9 Å². The van der Waals surface area contributed by atoms with Gasteiger partial charge in [-0.3, -0.25) is 4.79 Å². The van der Waals surface area contributed by atoms with E-state index in [-0.39, 0.29) is 5.91 Å². The first-order chi connectivity index (χ1) is 10.8. The van der Waals surface area contributed by atoms with Crippen LogP contribution in [0.15, 0.2) is 52.3 Å². The Morgan fingerprint density at radius 1 is 1.14 bits per heavy atom. The molecule has 0 saturated carbocycles. The zero-order valence-electron chi connectivity index (χ0n) is 11.9. The van der Waals surface area contributed by atoms with Crippen LogP contribution in [0.3, 0.4) is 0 Å². The number of aromatic nitrogens is 2. The second-order valence-electron chi connectivity index (χ2n) is 4.74. The molecule has 0 bridgehead atoms. The highest BCUT2D eigenvalue weighted by Gasteiger charge is 2.11. The first-order valence-corrected chi connectivity index (χ1v) is 7.86. The molecule has 0 atom stereocenters. The maximum atomic E-state index is 11.8. The van der Waals surface area contributed by atoms with E-state index in [9.17, 15) is 4.79 Å². The summed E-state index contributed by atoms with van der Waals surface area (Å²) in [6.07, 6.45) is 0.776. The fourth-order valence-corrected chi connectivity index (χ4v) is 2.60. The van der Waals surface area contributed by atoms with Crippen LogP contribution < -0.4 is 5.32 Å². The van der Waals surface area contributed by atoms with Gasteiger partial charge in [-0.1, -0.05) is 36.4 Å². The van der Waals surface area contributed by atoms with Gasteiger partial charge < -0.3 is 9.73 Å². The number of rotatable bonds is 6. The predicted molar refractivity (Wildman–Crippen MR) is 84.2 cm³/mol. The van der Waals surface area contributed by atoms with Crippen molar-refractivity contribution in [3.63, 3.8) is 0 Å². The van der Waals surface area contributed by atoms with Crippen LogP contribution in [0.5, 0.6) is 0 Å². The molecule has 0 radical (unpaired) electrons. The van der Waals surface area contributed by atoms with E-state index >= 15 is 0 Å². The van der Waals surface area contributed by atoms with E-state index in [1.807, 2.05) is 47.8 Å². The van der Waals surface area contributed by atoms with E-state index in [2.05, 4.69) is 15.5 Å². The molecular formula is C16H15N3O2S. The molecule has 0 fully saturated rings. The van der Waals surface area contributed by atoms with Crippen molar-refractivity contribution in [2.24, 2.45) is 0 Å². The van der Waals surface area contributed by atoms with Gasteiger partial charge in [0.05, 0.1) is 4.88 Å². The number of carbonyl (C=O) groups excluding carboxylic acids is 1. The predicted octanol–water partition coefficient (Wildman–Crippen LogP) is 3.05. The van der Waals surface area contributed by atoms with Gasteiger partial charge in [0, 0.05) is 19.4 Å². The summed E-state index contributed by atoms with van der Waals surface area (Å²) < 4.78 is 5.55. The second kappa shape index (κ2) is 7.00. The highest BCUT2D eigenvalue weighted by Crippen LogP contribution is 2.23. The summed E-state index contributed by atoms with van der Waals surface area (Å²) in [5.74, 6) is 0.965. The van der Waals surface area contributed by atoms with Gasteiger partial charge in [-0.2, -0.15) is 0 Å². The molecule has 0 aliphatic carbocycles. The number of nitrogens with zero attached hydrogens (tertiary/aromatic N) is 2. The third-order valence-corrected chi connectivity index (χ3v) is 3.96. The molecule has 2 aromatic heterocycles. The van der Waals surface area contributed by atoms with Crippen molar-refractivity contribution >= 4 is 17.2 Å². The van der Waals surface area contributed by atoms with E-state index in [1.54, 1.807) is 11.3 Å². The minimum Gasteiger partial charge on any atom is -0.420 e. The van der Waals surface area contributed by atoms with Gasteiger partial charge in [0.2, 0.25) is 11.8 Å². The lowest BCUT2D eigenvalue weighted by molar-refractivity contribution is -0.121. The second-order valence-corrected chi connectivity index (χ2v) is 5.69. The van der Waals surface area contributed by atoms with Crippen molar-refractivity contribution in [1.29, 1.82) is 0 Å². The lowest BCUT2D eigenvalue weighted by atomic mass is 10.2. The van der Waals surface area contributed by atoms with Crippen LogP contribution in [0.2, 0.25) is 0 Å². The number of carbonyl (C=O) groups is 1. The Balaban J connectivity index is 1.47. The van der Waals surface area contributed by atoms with Crippen LogP contribution in [0.25, 0.3) is 10.8 Å². The highest BCUT2D eigenvalue weighted by atomic mass is 32.1. The number of hydrogen-bond donors (Lipinski definition) is 1. The molecule has 2 heterocycles. The van der Waals surface area contributed by atoms with Crippen LogP contribution in [-0.2, 0) is 17.8 Å². The van der Waals surface area contributed by atoms with Crippen LogP contribution in [0, 0.1) is 0 Å². The summed E-state index contributed by atoms with van der Waals surface area (Å²) in [5.41, 5.74) is 1.08. The van der Waals surface area contributed by atoms with Crippen molar-refractivity contribution in [2.75, 3.05) is 0 Å². The molecule has 3 rings (SSSR count). The molecule has 3 aromatic rings. The zero-order chi connectivity index (χ0) is 15.2. The maximum Gasteiger partial charge on any atom is 0.257 e. The molecule has 0 unspecified atom stereocenters. The minimum atomic E-state index is -0.0280. The third kappa shape index (κ3) is 3.79. The third-order valence-electron chi connectivity index (χ3n) is 3.10. The number of hydrogen-bond acceptors (Lipinski definition) is 5. The Kier molecular flexibility index (Phi) is 4.60. The van der Waals surface area contributed by atoms with Crippen molar-refractivity contribution in [3.8, 4) is 10.8 Å². The van der Waals surface area contributed by atoms with E-state index in [0.29, 0.717) is 31.2 Å². The average molecular weight is 313 g/mol. The smallest absolute Gasteiger partial charge is 0.257 e. The first kappa shape index (κ1) is 14.5. The number of benzene rings is 1. The van der Waals surface area contributed by atoms with Gasteiger partial charge in [0.25, 0.3) is 5.89 Å². The molecule has 0 saturated heterocycles. The van der Waals surface area contributed by atoms with Crippen LogP contribution in [0.4, 0.5) is 0 Å². The summed E-state index contributed by atoms with van der Waals surface area (Å²) in [5, 5.41) is 12.8. The van der Waals surface area contributed by atoms with Crippen molar-refractivity contribution in [1.82, 2.24) is 15.5 Å². The van der Waals surface area contributed by atoms with E-state index in [0.717, 1.165) is 10.4 Å². The molecule has 1 N–H and O–H groups in total. The van der Waals surface area contributed by atoms with E-state index in [4.69, 9.17) is 4.42 Å². The number of aryl methyl sites for hydroxylation is 1. The molecule has 0 spiro atoms.